The van der Waals surface area contributed by atoms with Crippen molar-refractivity contribution in [3.63, 3.8) is 0 Å². The number of fused-ring (bicyclic) bond motifs is 1. The lowest BCUT2D eigenvalue weighted by atomic mass is 10.2. The van der Waals surface area contributed by atoms with Crippen LogP contribution in [0.25, 0.3) is 5.78 Å². The summed E-state index contributed by atoms with van der Waals surface area (Å²) in [6.45, 7) is 3.74. The molecule has 2 aromatic heterocycles. The third kappa shape index (κ3) is 2.84. The predicted octanol–water partition coefficient (Wildman–Crippen LogP) is 2.67. The summed E-state index contributed by atoms with van der Waals surface area (Å²) in [6.07, 6.45) is 0. The average Bonchev–Trinajstić information content (AvgIpc) is 2.90. The topological polar surface area (TPSA) is 110 Å². The van der Waals surface area contributed by atoms with Crippen LogP contribution >= 0.6 is 11.8 Å². The molecule has 2 heterocycles. The normalized spacial score (nSPS) is 10.7. The zero-order valence-electron chi connectivity index (χ0n) is 12.2. The van der Waals surface area contributed by atoms with Gasteiger partial charge in [-0.25, -0.2) is 9.50 Å². The van der Waals surface area contributed by atoms with Gasteiger partial charge in [-0.15, -0.1) is 5.10 Å². The fraction of sp³-hybridized carbons (Fsp3) is 0.143. The number of benzene rings is 1. The summed E-state index contributed by atoms with van der Waals surface area (Å²) in [5.41, 5.74) is 1.79. The minimum Gasteiger partial charge on any atom is -0.258 e. The van der Waals surface area contributed by atoms with Crippen molar-refractivity contribution in [2.45, 2.75) is 23.9 Å². The minimum atomic E-state index is -0.521. The summed E-state index contributed by atoms with van der Waals surface area (Å²) in [5, 5.41) is 24.7. The van der Waals surface area contributed by atoms with E-state index in [9.17, 15) is 10.1 Å². The fourth-order valence-corrected chi connectivity index (χ4v) is 2.93. The second kappa shape index (κ2) is 5.66. The van der Waals surface area contributed by atoms with Gasteiger partial charge in [-0.05, 0) is 43.8 Å². The maximum Gasteiger partial charge on any atom is 0.284 e. The molecule has 0 aliphatic carbocycles. The molecule has 0 unspecified atom stereocenters. The lowest BCUT2D eigenvalue weighted by Gasteiger charge is -2.00. The quantitative estimate of drug-likeness (QED) is 0.537. The molecule has 0 saturated heterocycles. The van der Waals surface area contributed by atoms with Gasteiger partial charge >= 0.3 is 0 Å². The highest BCUT2D eigenvalue weighted by atomic mass is 32.2. The molecular formula is C14H10N6O2S. The van der Waals surface area contributed by atoms with Crippen molar-refractivity contribution < 1.29 is 4.92 Å². The number of rotatable bonds is 3. The van der Waals surface area contributed by atoms with E-state index >= 15 is 0 Å². The van der Waals surface area contributed by atoms with Crippen molar-refractivity contribution in [1.29, 1.82) is 5.26 Å². The van der Waals surface area contributed by atoms with Gasteiger partial charge in [0, 0.05) is 17.5 Å². The Morgan fingerprint density at radius 3 is 2.78 bits per heavy atom. The summed E-state index contributed by atoms with van der Waals surface area (Å²) >= 11 is 1.07. The summed E-state index contributed by atoms with van der Waals surface area (Å²) in [5.74, 6) is 0.446. The number of hydrogen-bond acceptors (Lipinski definition) is 7. The zero-order chi connectivity index (χ0) is 16.6. The summed E-state index contributed by atoms with van der Waals surface area (Å²) in [4.78, 5) is 19.6. The maximum atomic E-state index is 11.2. The van der Waals surface area contributed by atoms with Crippen LogP contribution in [0.5, 0.6) is 0 Å². The van der Waals surface area contributed by atoms with Crippen LogP contribution in [-0.4, -0.2) is 24.5 Å². The standard InChI is InChI=1S/C14H10N6O2S/c1-8-5-9(2)19-13(16-8)17-14(18-19)23-12-4-3-10(7-15)6-11(12)20(21)22/h3-6H,1-2H3. The molecule has 0 aliphatic heterocycles. The molecule has 0 radical (unpaired) electrons. The van der Waals surface area contributed by atoms with Gasteiger partial charge in [-0.2, -0.15) is 10.2 Å². The smallest absolute Gasteiger partial charge is 0.258 e. The molecule has 8 nitrogen and oxygen atoms in total. The third-order valence-corrected chi connectivity index (χ3v) is 4.01. The van der Waals surface area contributed by atoms with E-state index in [0.717, 1.165) is 23.1 Å². The number of aryl methyl sites for hydroxylation is 2. The second-order valence-electron chi connectivity index (χ2n) is 4.80. The van der Waals surface area contributed by atoms with Crippen molar-refractivity contribution >= 4 is 23.2 Å². The molecule has 3 rings (SSSR count). The number of nitrogens with zero attached hydrogens (tertiary/aromatic N) is 6. The van der Waals surface area contributed by atoms with E-state index in [1.165, 1.54) is 18.2 Å². The molecule has 0 spiro atoms. The zero-order valence-corrected chi connectivity index (χ0v) is 13.0. The van der Waals surface area contributed by atoms with Crippen molar-refractivity contribution in [3.05, 3.63) is 51.3 Å². The molecule has 23 heavy (non-hydrogen) atoms. The van der Waals surface area contributed by atoms with E-state index in [1.807, 2.05) is 26.0 Å². The first kappa shape index (κ1) is 14.9. The van der Waals surface area contributed by atoms with Crippen LogP contribution in [0.2, 0.25) is 0 Å². The molecule has 0 saturated carbocycles. The lowest BCUT2D eigenvalue weighted by molar-refractivity contribution is -0.387. The number of nitro benzene ring substituents is 1. The van der Waals surface area contributed by atoms with Crippen molar-refractivity contribution in [3.8, 4) is 6.07 Å². The largest absolute Gasteiger partial charge is 0.284 e. The molecule has 3 aromatic rings. The van der Waals surface area contributed by atoms with Crippen LogP contribution in [0, 0.1) is 35.3 Å². The predicted molar refractivity (Wildman–Crippen MR) is 82.2 cm³/mol. The van der Waals surface area contributed by atoms with E-state index in [4.69, 9.17) is 5.26 Å². The summed E-state index contributed by atoms with van der Waals surface area (Å²) < 4.78 is 1.59. The number of nitriles is 1. The molecule has 1 aromatic carbocycles. The van der Waals surface area contributed by atoms with Crippen LogP contribution in [-0.2, 0) is 0 Å². The molecule has 0 N–H and O–H groups in total. The maximum absolute atomic E-state index is 11.2. The first-order valence-corrected chi connectivity index (χ1v) is 7.37. The van der Waals surface area contributed by atoms with Gasteiger partial charge in [0.15, 0.2) is 0 Å². The van der Waals surface area contributed by atoms with Crippen LogP contribution < -0.4 is 0 Å². The van der Waals surface area contributed by atoms with Gasteiger partial charge < -0.3 is 0 Å². The Morgan fingerprint density at radius 1 is 1.30 bits per heavy atom. The van der Waals surface area contributed by atoms with Crippen LogP contribution in [0.3, 0.4) is 0 Å². The molecular weight excluding hydrogens is 316 g/mol. The van der Waals surface area contributed by atoms with Crippen molar-refractivity contribution in [1.82, 2.24) is 19.6 Å². The second-order valence-corrected chi connectivity index (χ2v) is 5.81. The van der Waals surface area contributed by atoms with E-state index in [2.05, 4.69) is 15.1 Å². The Morgan fingerprint density at radius 2 is 2.09 bits per heavy atom. The Labute approximate surface area is 134 Å². The van der Waals surface area contributed by atoms with Gasteiger partial charge in [0.25, 0.3) is 11.5 Å². The number of aromatic nitrogens is 4. The van der Waals surface area contributed by atoms with Gasteiger partial charge in [-0.1, -0.05) is 0 Å². The Bertz CT molecular complexity index is 975. The van der Waals surface area contributed by atoms with Gasteiger partial charge in [-0.3, -0.25) is 10.1 Å². The van der Waals surface area contributed by atoms with Gasteiger partial charge in [0.05, 0.1) is 21.5 Å². The number of hydrogen-bond donors (Lipinski definition) is 0. The Balaban J connectivity index is 2.04. The molecule has 0 amide bonds. The third-order valence-electron chi connectivity index (χ3n) is 3.08. The summed E-state index contributed by atoms with van der Waals surface area (Å²) in [7, 11) is 0. The van der Waals surface area contributed by atoms with Crippen molar-refractivity contribution in [2.24, 2.45) is 0 Å². The first-order valence-electron chi connectivity index (χ1n) is 6.55. The molecule has 0 atom stereocenters. The van der Waals surface area contributed by atoms with Gasteiger partial charge in [0.2, 0.25) is 5.16 Å². The Kier molecular flexibility index (Phi) is 3.67. The molecule has 0 aliphatic rings. The molecule has 0 fully saturated rings. The van der Waals surface area contributed by atoms with Crippen LogP contribution in [0.1, 0.15) is 17.0 Å². The summed E-state index contributed by atoms with van der Waals surface area (Å²) in [6, 6.07) is 8.06. The molecule has 0 bridgehead atoms. The van der Waals surface area contributed by atoms with Gasteiger partial charge in [0.1, 0.15) is 0 Å². The Hall–Kier alpha value is -2.99. The van der Waals surface area contributed by atoms with Crippen LogP contribution in [0.15, 0.2) is 34.3 Å². The highest BCUT2D eigenvalue weighted by Crippen LogP contribution is 2.33. The average molecular weight is 326 g/mol. The van der Waals surface area contributed by atoms with E-state index in [-0.39, 0.29) is 11.3 Å². The monoisotopic (exact) mass is 326 g/mol. The minimum absolute atomic E-state index is 0.145. The fourth-order valence-electron chi connectivity index (χ4n) is 2.11. The molecule has 9 heteroatoms. The number of nitro groups is 1. The lowest BCUT2D eigenvalue weighted by Crippen LogP contribution is -1.97. The van der Waals surface area contributed by atoms with E-state index < -0.39 is 4.92 Å². The highest BCUT2D eigenvalue weighted by molar-refractivity contribution is 7.99. The molecule has 114 valence electrons. The van der Waals surface area contributed by atoms with Crippen LogP contribution in [0.4, 0.5) is 5.69 Å². The van der Waals surface area contributed by atoms with E-state index in [0.29, 0.717) is 15.8 Å². The first-order chi connectivity index (χ1) is 11.0. The van der Waals surface area contributed by atoms with E-state index in [1.54, 1.807) is 4.52 Å². The van der Waals surface area contributed by atoms with Crippen molar-refractivity contribution in [2.75, 3.05) is 0 Å². The SMILES string of the molecule is Cc1cc(C)n2nc(Sc3ccc(C#N)cc3[N+](=O)[O-])nc2n1. The highest BCUT2D eigenvalue weighted by Gasteiger charge is 2.18.